The normalized spacial score (nSPS) is 11.9. The van der Waals surface area contributed by atoms with Crippen molar-refractivity contribution in [3.63, 3.8) is 0 Å². The monoisotopic (exact) mass is 257 g/mol. The predicted octanol–water partition coefficient (Wildman–Crippen LogP) is 2.79. The molecule has 2 aromatic carbocycles. The molecule has 3 heteroatoms. The summed E-state index contributed by atoms with van der Waals surface area (Å²) in [7, 11) is 3.27. The second-order valence-corrected chi connectivity index (χ2v) is 4.31. The summed E-state index contributed by atoms with van der Waals surface area (Å²) in [6, 6.07) is 16.2. The highest BCUT2D eigenvalue weighted by Crippen LogP contribution is 2.32. The molecule has 0 saturated carbocycles. The van der Waals surface area contributed by atoms with Crippen molar-refractivity contribution >= 4 is 0 Å². The van der Waals surface area contributed by atoms with Crippen LogP contribution in [0.3, 0.4) is 0 Å². The summed E-state index contributed by atoms with van der Waals surface area (Å²) in [5.41, 5.74) is 8.26. The van der Waals surface area contributed by atoms with Crippen molar-refractivity contribution < 1.29 is 9.47 Å². The van der Waals surface area contributed by atoms with Gasteiger partial charge in [0, 0.05) is 12.5 Å². The van der Waals surface area contributed by atoms with Gasteiger partial charge >= 0.3 is 0 Å². The third-order valence-electron chi connectivity index (χ3n) is 3.25. The highest BCUT2D eigenvalue weighted by molar-refractivity contribution is 5.46. The quantitative estimate of drug-likeness (QED) is 0.895. The SMILES string of the molecule is COc1ccc([C@H](CN)c2ccccc2)cc1OC. The van der Waals surface area contributed by atoms with Crippen LogP contribution in [0.1, 0.15) is 17.0 Å². The average Bonchev–Trinajstić information content (AvgIpc) is 2.49. The number of benzene rings is 2. The van der Waals surface area contributed by atoms with Crippen LogP contribution >= 0.6 is 0 Å². The predicted molar refractivity (Wildman–Crippen MR) is 76.9 cm³/mol. The fourth-order valence-corrected chi connectivity index (χ4v) is 2.22. The summed E-state index contributed by atoms with van der Waals surface area (Å²) in [4.78, 5) is 0. The van der Waals surface area contributed by atoms with Gasteiger partial charge in [0.15, 0.2) is 11.5 Å². The molecule has 0 aromatic heterocycles. The minimum Gasteiger partial charge on any atom is -0.493 e. The number of rotatable bonds is 5. The van der Waals surface area contributed by atoms with Crippen LogP contribution < -0.4 is 15.2 Å². The molecule has 2 N–H and O–H groups in total. The zero-order valence-electron chi connectivity index (χ0n) is 11.3. The number of methoxy groups -OCH3 is 2. The molecule has 2 aromatic rings. The molecule has 0 aliphatic carbocycles. The Kier molecular flexibility index (Phi) is 4.42. The molecule has 0 unspecified atom stereocenters. The molecule has 0 spiro atoms. The van der Waals surface area contributed by atoms with E-state index in [4.69, 9.17) is 15.2 Å². The molecule has 100 valence electrons. The molecule has 19 heavy (non-hydrogen) atoms. The summed E-state index contributed by atoms with van der Waals surface area (Å²) in [6.07, 6.45) is 0. The van der Waals surface area contributed by atoms with Crippen LogP contribution in [0, 0.1) is 0 Å². The molecule has 3 nitrogen and oxygen atoms in total. The van der Waals surface area contributed by atoms with Gasteiger partial charge in [-0.1, -0.05) is 36.4 Å². The first-order valence-corrected chi connectivity index (χ1v) is 6.27. The Balaban J connectivity index is 2.39. The first-order valence-electron chi connectivity index (χ1n) is 6.27. The van der Waals surface area contributed by atoms with Crippen LogP contribution in [0.25, 0.3) is 0 Å². The fourth-order valence-electron chi connectivity index (χ4n) is 2.22. The van der Waals surface area contributed by atoms with Gasteiger partial charge in [0.1, 0.15) is 0 Å². The third-order valence-corrected chi connectivity index (χ3v) is 3.25. The van der Waals surface area contributed by atoms with Crippen molar-refractivity contribution in [2.24, 2.45) is 5.73 Å². The molecule has 0 saturated heterocycles. The molecule has 0 heterocycles. The Labute approximate surface area is 114 Å². The maximum Gasteiger partial charge on any atom is 0.161 e. The van der Waals surface area contributed by atoms with Crippen LogP contribution in [0.4, 0.5) is 0 Å². The summed E-state index contributed by atoms with van der Waals surface area (Å²) < 4.78 is 10.6. The topological polar surface area (TPSA) is 44.5 Å². The smallest absolute Gasteiger partial charge is 0.161 e. The van der Waals surface area contributed by atoms with Gasteiger partial charge in [-0.3, -0.25) is 0 Å². The third kappa shape index (κ3) is 2.88. The van der Waals surface area contributed by atoms with Gasteiger partial charge in [-0.2, -0.15) is 0 Å². The maximum absolute atomic E-state index is 5.93. The van der Waals surface area contributed by atoms with Gasteiger partial charge in [-0.25, -0.2) is 0 Å². The standard InChI is InChI=1S/C16H19NO2/c1-18-15-9-8-13(10-16(15)19-2)14(11-17)12-6-4-3-5-7-12/h3-10,14H,11,17H2,1-2H3/t14-/m1/s1. The van der Waals surface area contributed by atoms with E-state index >= 15 is 0 Å². The molecule has 0 radical (unpaired) electrons. The van der Waals surface area contributed by atoms with Crippen molar-refractivity contribution in [2.45, 2.75) is 5.92 Å². The van der Waals surface area contributed by atoms with Crippen LogP contribution in [0.15, 0.2) is 48.5 Å². The van der Waals surface area contributed by atoms with Gasteiger partial charge in [0.2, 0.25) is 0 Å². The van der Waals surface area contributed by atoms with E-state index in [1.54, 1.807) is 14.2 Å². The largest absolute Gasteiger partial charge is 0.493 e. The minimum absolute atomic E-state index is 0.168. The Bertz CT molecular complexity index is 526. The average molecular weight is 257 g/mol. The van der Waals surface area contributed by atoms with Crippen molar-refractivity contribution in [1.29, 1.82) is 0 Å². The van der Waals surface area contributed by atoms with E-state index in [9.17, 15) is 0 Å². The lowest BCUT2D eigenvalue weighted by Gasteiger charge is -2.17. The number of ether oxygens (including phenoxy) is 2. The van der Waals surface area contributed by atoms with E-state index in [2.05, 4.69) is 12.1 Å². The number of hydrogen-bond donors (Lipinski definition) is 1. The zero-order chi connectivity index (χ0) is 13.7. The van der Waals surface area contributed by atoms with E-state index in [-0.39, 0.29) is 5.92 Å². The van der Waals surface area contributed by atoms with Crippen molar-refractivity contribution in [3.8, 4) is 11.5 Å². The Morgan fingerprint density at radius 3 is 2.16 bits per heavy atom. The molecule has 1 atom stereocenters. The van der Waals surface area contributed by atoms with Gasteiger partial charge in [0.25, 0.3) is 0 Å². The van der Waals surface area contributed by atoms with E-state index in [1.165, 1.54) is 5.56 Å². The van der Waals surface area contributed by atoms with Crippen molar-refractivity contribution in [1.82, 2.24) is 0 Å². The van der Waals surface area contributed by atoms with E-state index < -0.39 is 0 Å². The van der Waals surface area contributed by atoms with E-state index in [1.807, 2.05) is 36.4 Å². The van der Waals surface area contributed by atoms with Crippen LogP contribution in [-0.4, -0.2) is 20.8 Å². The first kappa shape index (κ1) is 13.4. The molecule has 0 fully saturated rings. The first-order chi connectivity index (χ1) is 9.30. The molecule has 0 bridgehead atoms. The van der Waals surface area contributed by atoms with Gasteiger partial charge in [0.05, 0.1) is 14.2 Å². The zero-order valence-corrected chi connectivity index (χ0v) is 11.3. The van der Waals surface area contributed by atoms with Gasteiger partial charge in [-0.05, 0) is 23.3 Å². The molecule has 2 rings (SSSR count). The lowest BCUT2D eigenvalue weighted by atomic mass is 9.91. The molecular formula is C16H19NO2. The summed E-state index contributed by atoms with van der Waals surface area (Å²) >= 11 is 0. The molecule has 0 amide bonds. The Morgan fingerprint density at radius 1 is 0.895 bits per heavy atom. The summed E-state index contributed by atoms with van der Waals surface area (Å²) in [6.45, 7) is 0.555. The molecule has 0 aliphatic heterocycles. The van der Waals surface area contributed by atoms with Crippen LogP contribution in [-0.2, 0) is 0 Å². The van der Waals surface area contributed by atoms with E-state index in [0.717, 1.165) is 17.1 Å². The van der Waals surface area contributed by atoms with Crippen molar-refractivity contribution in [2.75, 3.05) is 20.8 Å². The number of hydrogen-bond acceptors (Lipinski definition) is 3. The van der Waals surface area contributed by atoms with E-state index in [0.29, 0.717) is 6.54 Å². The molecule has 0 aliphatic rings. The molecular weight excluding hydrogens is 238 g/mol. The summed E-state index contributed by atoms with van der Waals surface area (Å²) in [5, 5.41) is 0. The number of nitrogens with two attached hydrogens (primary N) is 1. The Hall–Kier alpha value is -2.00. The Morgan fingerprint density at radius 2 is 1.58 bits per heavy atom. The van der Waals surface area contributed by atoms with Crippen LogP contribution in [0.5, 0.6) is 11.5 Å². The second-order valence-electron chi connectivity index (χ2n) is 4.31. The second kappa shape index (κ2) is 6.25. The highest BCUT2D eigenvalue weighted by atomic mass is 16.5. The highest BCUT2D eigenvalue weighted by Gasteiger charge is 2.14. The van der Waals surface area contributed by atoms with Gasteiger partial charge in [-0.15, -0.1) is 0 Å². The van der Waals surface area contributed by atoms with Gasteiger partial charge < -0.3 is 15.2 Å². The fraction of sp³-hybridized carbons (Fsp3) is 0.250. The summed E-state index contributed by atoms with van der Waals surface area (Å²) in [5.74, 6) is 1.63. The maximum atomic E-state index is 5.93. The van der Waals surface area contributed by atoms with Crippen molar-refractivity contribution in [3.05, 3.63) is 59.7 Å². The minimum atomic E-state index is 0.168. The lowest BCUT2D eigenvalue weighted by molar-refractivity contribution is 0.354. The van der Waals surface area contributed by atoms with Crippen LogP contribution in [0.2, 0.25) is 0 Å². The lowest BCUT2D eigenvalue weighted by Crippen LogP contribution is -2.13.